The van der Waals surface area contributed by atoms with Crippen LogP contribution in [0.25, 0.3) is 11.2 Å². The number of anilines is 3. The molecule has 2 heterocycles. The van der Waals surface area contributed by atoms with Crippen molar-refractivity contribution in [2.45, 2.75) is 70.1 Å². The topological polar surface area (TPSA) is 131 Å². The van der Waals surface area contributed by atoms with Crippen LogP contribution in [0.4, 0.5) is 30.8 Å². The molecule has 36 heavy (non-hydrogen) atoms. The number of carbonyl (C=O) groups is 1. The maximum atomic E-state index is 14.5. The molecular weight excluding hydrogens is 475 g/mol. The van der Waals surface area contributed by atoms with Gasteiger partial charge in [-0.3, -0.25) is 9.36 Å². The molecule has 0 bridgehead atoms. The van der Waals surface area contributed by atoms with Crippen LogP contribution in [-0.4, -0.2) is 42.7 Å². The van der Waals surface area contributed by atoms with E-state index in [1.54, 1.807) is 4.57 Å². The Morgan fingerprint density at radius 1 is 1.14 bits per heavy atom. The summed E-state index contributed by atoms with van der Waals surface area (Å²) in [6.07, 6.45) is 5.41. The SMILES string of the molecule is CC1(C(N)=O)CCC(n2c(Nc3c(F)cc(F)cc3F)nc3cnc(N[C@@H]4CC[C@@H](O)C4)nc32)CC1. The van der Waals surface area contributed by atoms with Gasteiger partial charge in [-0.2, -0.15) is 4.98 Å². The Labute approximate surface area is 205 Å². The van der Waals surface area contributed by atoms with Crippen LogP contribution >= 0.6 is 0 Å². The molecule has 1 amide bonds. The normalized spacial score (nSPS) is 26.3. The third-order valence-corrected chi connectivity index (χ3v) is 7.43. The summed E-state index contributed by atoms with van der Waals surface area (Å²) in [4.78, 5) is 25.4. The van der Waals surface area contributed by atoms with Gasteiger partial charge in [0.25, 0.3) is 0 Å². The maximum Gasteiger partial charge on any atom is 0.224 e. The zero-order chi connectivity index (χ0) is 25.6. The number of hydrogen-bond acceptors (Lipinski definition) is 7. The largest absolute Gasteiger partial charge is 0.393 e. The number of fused-ring (bicyclic) bond motifs is 1. The first-order chi connectivity index (χ1) is 17.1. The highest BCUT2D eigenvalue weighted by Gasteiger charge is 2.38. The third-order valence-electron chi connectivity index (χ3n) is 7.43. The van der Waals surface area contributed by atoms with E-state index in [4.69, 9.17) is 5.73 Å². The summed E-state index contributed by atoms with van der Waals surface area (Å²) < 4.78 is 44.1. The number of nitrogens with two attached hydrogens (primary N) is 1. The maximum absolute atomic E-state index is 14.5. The highest BCUT2D eigenvalue weighted by molar-refractivity contribution is 5.80. The number of carbonyl (C=O) groups excluding carboxylic acids is 1. The number of aliphatic hydroxyl groups excluding tert-OH is 1. The predicted molar refractivity (Wildman–Crippen MR) is 127 cm³/mol. The Balaban J connectivity index is 1.53. The van der Waals surface area contributed by atoms with Gasteiger partial charge >= 0.3 is 0 Å². The average Bonchev–Trinajstić information content (AvgIpc) is 3.39. The van der Waals surface area contributed by atoms with Crippen molar-refractivity contribution in [2.24, 2.45) is 11.1 Å². The third kappa shape index (κ3) is 4.57. The molecule has 0 spiro atoms. The van der Waals surface area contributed by atoms with Crippen LogP contribution in [0.5, 0.6) is 0 Å². The van der Waals surface area contributed by atoms with Crippen LogP contribution in [0, 0.1) is 22.9 Å². The van der Waals surface area contributed by atoms with Crippen molar-refractivity contribution in [3.63, 3.8) is 0 Å². The van der Waals surface area contributed by atoms with Gasteiger partial charge < -0.3 is 21.5 Å². The molecule has 192 valence electrons. The first kappa shape index (κ1) is 24.3. The molecule has 2 saturated carbocycles. The molecule has 0 unspecified atom stereocenters. The summed E-state index contributed by atoms with van der Waals surface area (Å²) in [5.41, 5.74) is 5.29. The van der Waals surface area contributed by atoms with Gasteiger partial charge in [0.2, 0.25) is 17.8 Å². The lowest BCUT2D eigenvalue weighted by Crippen LogP contribution is -2.38. The van der Waals surface area contributed by atoms with Gasteiger partial charge in [0.15, 0.2) is 17.3 Å². The quantitative estimate of drug-likeness (QED) is 0.401. The number of amides is 1. The summed E-state index contributed by atoms with van der Waals surface area (Å²) >= 11 is 0. The number of aliphatic hydroxyl groups is 1. The van der Waals surface area contributed by atoms with Gasteiger partial charge in [-0.15, -0.1) is 0 Å². The minimum Gasteiger partial charge on any atom is -0.393 e. The van der Waals surface area contributed by atoms with E-state index in [1.165, 1.54) is 6.20 Å². The lowest BCUT2D eigenvalue weighted by Gasteiger charge is -2.35. The van der Waals surface area contributed by atoms with E-state index >= 15 is 0 Å². The van der Waals surface area contributed by atoms with E-state index in [-0.39, 0.29) is 30.0 Å². The molecule has 1 aromatic carbocycles. The minimum atomic E-state index is -1.09. The lowest BCUT2D eigenvalue weighted by atomic mass is 9.73. The van der Waals surface area contributed by atoms with E-state index < -0.39 is 28.6 Å². The second kappa shape index (κ2) is 9.23. The van der Waals surface area contributed by atoms with Gasteiger partial charge in [-0.25, -0.2) is 23.1 Å². The number of rotatable bonds is 6. The first-order valence-electron chi connectivity index (χ1n) is 12.0. The number of nitrogens with zero attached hydrogens (tertiary/aromatic N) is 4. The second-order valence-corrected chi connectivity index (χ2v) is 10.0. The fourth-order valence-corrected chi connectivity index (χ4v) is 5.18. The molecule has 2 aliphatic rings. The molecule has 2 aliphatic carbocycles. The van der Waals surface area contributed by atoms with E-state index in [0.717, 1.165) is 6.42 Å². The van der Waals surface area contributed by atoms with Crippen molar-refractivity contribution in [1.82, 2.24) is 19.5 Å². The number of halogens is 3. The van der Waals surface area contributed by atoms with Gasteiger partial charge in [-0.1, -0.05) is 6.92 Å². The van der Waals surface area contributed by atoms with Gasteiger partial charge in [0, 0.05) is 29.6 Å². The van der Waals surface area contributed by atoms with Gasteiger partial charge in [0.1, 0.15) is 17.0 Å². The van der Waals surface area contributed by atoms with Crippen molar-refractivity contribution in [3.8, 4) is 0 Å². The Morgan fingerprint density at radius 3 is 2.44 bits per heavy atom. The number of hydrogen-bond donors (Lipinski definition) is 4. The van der Waals surface area contributed by atoms with Crippen molar-refractivity contribution >= 4 is 34.7 Å². The molecule has 2 fully saturated rings. The summed E-state index contributed by atoms with van der Waals surface area (Å²) in [5.74, 6) is -3.09. The lowest BCUT2D eigenvalue weighted by molar-refractivity contribution is -0.128. The monoisotopic (exact) mass is 503 g/mol. The highest BCUT2D eigenvalue weighted by atomic mass is 19.1. The molecule has 0 aliphatic heterocycles. The van der Waals surface area contributed by atoms with Crippen molar-refractivity contribution in [3.05, 3.63) is 35.8 Å². The van der Waals surface area contributed by atoms with Gasteiger partial charge in [-0.05, 0) is 44.9 Å². The Kier molecular flexibility index (Phi) is 6.23. The predicted octanol–water partition coefficient (Wildman–Crippen LogP) is 3.92. The van der Waals surface area contributed by atoms with Crippen LogP contribution < -0.4 is 16.4 Å². The summed E-state index contributed by atoms with van der Waals surface area (Å²) in [7, 11) is 0. The molecule has 5 N–H and O–H groups in total. The number of aromatic nitrogens is 4. The molecule has 0 radical (unpaired) electrons. The fourth-order valence-electron chi connectivity index (χ4n) is 5.18. The molecule has 3 aromatic rings. The van der Waals surface area contributed by atoms with E-state index in [9.17, 15) is 23.1 Å². The zero-order valence-electron chi connectivity index (χ0n) is 19.8. The number of primary amides is 1. The average molecular weight is 504 g/mol. The van der Waals surface area contributed by atoms with Gasteiger partial charge in [0.05, 0.1) is 12.3 Å². The summed E-state index contributed by atoms with van der Waals surface area (Å²) in [6, 6.07) is 1.02. The van der Waals surface area contributed by atoms with Crippen LogP contribution in [0.15, 0.2) is 18.3 Å². The van der Waals surface area contributed by atoms with Crippen LogP contribution in [-0.2, 0) is 4.79 Å². The van der Waals surface area contributed by atoms with Crippen LogP contribution in [0.1, 0.15) is 57.9 Å². The number of imidazole rings is 1. The summed E-state index contributed by atoms with van der Waals surface area (Å²) in [6.45, 7) is 1.83. The van der Waals surface area contributed by atoms with Crippen molar-refractivity contribution in [2.75, 3.05) is 10.6 Å². The molecule has 2 atom stereocenters. The number of nitrogens with one attached hydrogen (secondary N) is 2. The zero-order valence-corrected chi connectivity index (χ0v) is 19.8. The van der Waals surface area contributed by atoms with E-state index in [2.05, 4.69) is 25.6 Å². The Bertz CT molecular complexity index is 1280. The molecule has 5 rings (SSSR count). The second-order valence-electron chi connectivity index (χ2n) is 10.0. The molecule has 0 saturated heterocycles. The fraction of sp³-hybridized carbons (Fsp3) is 0.500. The Morgan fingerprint density at radius 2 is 1.83 bits per heavy atom. The minimum absolute atomic E-state index is 0.0276. The van der Waals surface area contributed by atoms with E-state index in [1.807, 2.05) is 6.92 Å². The number of benzene rings is 1. The van der Waals surface area contributed by atoms with Crippen LogP contribution in [0.3, 0.4) is 0 Å². The first-order valence-corrected chi connectivity index (χ1v) is 12.0. The standard InChI is InChI=1S/C24H28F3N7O2/c1-24(21(28)36)6-4-14(5-7-24)34-20-18(11-29-22(33-20)30-13-2-3-15(35)10-13)31-23(34)32-19-16(26)8-12(25)9-17(19)27/h8-9,11,13-15,35H,2-7,10H2,1H3,(H2,28,36)(H,31,32)(H,29,30,33)/t13-,14?,15-,24?/m1/s1. The summed E-state index contributed by atoms with van der Waals surface area (Å²) in [5, 5.41) is 15.8. The highest BCUT2D eigenvalue weighted by Crippen LogP contribution is 2.43. The molecule has 2 aromatic heterocycles. The van der Waals surface area contributed by atoms with Crippen molar-refractivity contribution < 1.29 is 23.1 Å². The Hall–Kier alpha value is -3.41. The van der Waals surface area contributed by atoms with E-state index in [0.29, 0.717) is 67.8 Å². The van der Waals surface area contributed by atoms with Crippen molar-refractivity contribution in [1.29, 1.82) is 0 Å². The molecule has 9 nitrogen and oxygen atoms in total. The van der Waals surface area contributed by atoms with Crippen LogP contribution in [0.2, 0.25) is 0 Å². The molecular formula is C24H28F3N7O2. The molecule has 12 heteroatoms. The smallest absolute Gasteiger partial charge is 0.224 e.